The molecule has 1 N–H and O–H groups in total. The Labute approximate surface area is 198 Å². The number of fused-ring (bicyclic) bond motifs is 2. The molecular weight excluding hydrogens is 456 g/mol. The number of para-hydroxylation sites is 2. The molecule has 0 radical (unpaired) electrons. The maximum absolute atomic E-state index is 13.4. The number of ether oxygens (including phenoxy) is 3. The zero-order valence-corrected chi connectivity index (χ0v) is 19.3. The number of carbonyl (C=O) groups is 1. The predicted molar refractivity (Wildman–Crippen MR) is 126 cm³/mol. The van der Waals surface area contributed by atoms with Crippen LogP contribution in [0.3, 0.4) is 0 Å². The van der Waals surface area contributed by atoms with Gasteiger partial charge in [0.15, 0.2) is 17.6 Å². The Morgan fingerprint density at radius 2 is 1.65 bits per heavy atom. The largest absolute Gasteiger partial charge is 0.486 e. The van der Waals surface area contributed by atoms with Gasteiger partial charge in [0, 0.05) is 0 Å². The fourth-order valence-electron chi connectivity index (χ4n) is 4.01. The SMILES string of the molecule is C[C@@H](NC(=O)[C@H]1CN(S(=O)(=O)c2ccccc2)c2ccccc2O1)c1ccc2c(c1)OCCO2. The van der Waals surface area contributed by atoms with E-state index in [4.69, 9.17) is 14.2 Å². The second-order valence-electron chi connectivity index (χ2n) is 8.06. The Kier molecular flexibility index (Phi) is 5.79. The summed E-state index contributed by atoms with van der Waals surface area (Å²) in [5.41, 5.74) is 1.23. The molecule has 0 saturated heterocycles. The molecule has 3 aromatic carbocycles. The maximum Gasteiger partial charge on any atom is 0.264 e. The summed E-state index contributed by atoms with van der Waals surface area (Å²) in [7, 11) is -3.89. The van der Waals surface area contributed by atoms with Crippen molar-refractivity contribution in [1.82, 2.24) is 5.32 Å². The van der Waals surface area contributed by atoms with Gasteiger partial charge in [-0.05, 0) is 48.9 Å². The molecule has 0 bridgehead atoms. The molecule has 0 aliphatic carbocycles. The van der Waals surface area contributed by atoms with Gasteiger partial charge in [0.2, 0.25) is 0 Å². The molecule has 0 spiro atoms. The number of rotatable bonds is 5. The number of nitrogens with one attached hydrogen (secondary N) is 1. The molecular formula is C25H24N2O6S. The summed E-state index contributed by atoms with van der Waals surface area (Å²) < 4.78 is 45.2. The number of amides is 1. The monoisotopic (exact) mass is 480 g/mol. The van der Waals surface area contributed by atoms with Crippen LogP contribution in [0.2, 0.25) is 0 Å². The zero-order chi connectivity index (χ0) is 23.7. The van der Waals surface area contributed by atoms with Crippen LogP contribution in [-0.4, -0.2) is 40.2 Å². The van der Waals surface area contributed by atoms with E-state index in [1.807, 2.05) is 25.1 Å². The predicted octanol–water partition coefficient (Wildman–Crippen LogP) is 3.29. The van der Waals surface area contributed by atoms with Gasteiger partial charge in [-0.15, -0.1) is 0 Å². The van der Waals surface area contributed by atoms with Crippen LogP contribution in [0.25, 0.3) is 0 Å². The average molecular weight is 481 g/mol. The van der Waals surface area contributed by atoms with E-state index in [1.165, 1.54) is 16.4 Å². The third-order valence-electron chi connectivity index (χ3n) is 5.78. The number of anilines is 1. The highest BCUT2D eigenvalue weighted by atomic mass is 32.2. The van der Waals surface area contributed by atoms with Crippen molar-refractivity contribution in [1.29, 1.82) is 0 Å². The Balaban J connectivity index is 1.38. The molecule has 5 rings (SSSR count). The van der Waals surface area contributed by atoms with E-state index in [-0.39, 0.29) is 17.5 Å². The first-order valence-electron chi connectivity index (χ1n) is 11.0. The van der Waals surface area contributed by atoms with Crippen molar-refractivity contribution in [3.8, 4) is 17.2 Å². The number of carbonyl (C=O) groups excluding carboxylic acids is 1. The third kappa shape index (κ3) is 4.14. The molecule has 1 amide bonds. The van der Waals surface area contributed by atoms with Crippen LogP contribution < -0.4 is 23.8 Å². The minimum Gasteiger partial charge on any atom is -0.486 e. The van der Waals surface area contributed by atoms with Crippen molar-refractivity contribution in [3.63, 3.8) is 0 Å². The van der Waals surface area contributed by atoms with Crippen molar-refractivity contribution in [2.45, 2.75) is 24.0 Å². The highest BCUT2D eigenvalue weighted by Gasteiger charge is 2.37. The van der Waals surface area contributed by atoms with Gasteiger partial charge in [-0.2, -0.15) is 0 Å². The van der Waals surface area contributed by atoms with Crippen molar-refractivity contribution in [3.05, 3.63) is 78.4 Å². The van der Waals surface area contributed by atoms with E-state index in [1.54, 1.807) is 42.5 Å². The standard InChI is InChI=1S/C25H24N2O6S/c1-17(18-11-12-22-23(15-18)32-14-13-31-22)26-25(28)24-16-27(20-9-5-6-10-21(20)33-24)34(29,30)19-7-3-2-4-8-19/h2-12,15,17,24H,13-14,16H2,1H3,(H,26,28)/t17-,24-/m1/s1. The Hall–Kier alpha value is -3.72. The van der Waals surface area contributed by atoms with Crippen molar-refractivity contribution >= 4 is 21.6 Å². The fourth-order valence-corrected chi connectivity index (χ4v) is 5.50. The summed E-state index contributed by atoms with van der Waals surface area (Å²) in [6.45, 7) is 2.67. The highest BCUT2D eigenvalue weighted by Crippen LogP contribution is 2.37. The smallest absolute Gasteiger partial charge is 0.264 e. The molecule has 8 nitrogen and oxygen atoms in total. The highest BCUT2D eigenvalue weighted by molar-refractivity contribution is 7.92. The lowest BCUT2D eigenvalue weighted by atomic mass is 10.1. The molecule has 0 unspecified atom stereocenters. The molecule has 2 heterocycles. The van der Waals surface area contributed by atoms with Gasteiger partial charge in [0.05, 0.1) is 23.2 Å². The van der Waals surface area contributed by atoms with E-state index in [9.17, 15) is 13.2 Å². The molecule has 9 heteroatoms. The van der Waals surface area contributed by atoms with E-state index in [2.05, 4.69) is 5.32 Å². The van der Waals surface area contributed by atoms with Crippen molar-refractivity contribution < 1.29 is 27.4 Å². The number of hydrogen-bond donors (Lipinski definition) is 1. The zero-order valence-electron chi connectivity index (χ0n) is 18.5. The molecule has 34 heavy (non-hydrogen) atoms. The summed E-state index contributed by atoms with van der Waals surface area (Å²) >= 11 is 0. The first-order chi connectivity index (χ1) is 16.4. The van der Waals surface area contributed by atoms with Crippen LogP contribution >= 0.6 is 0 Å². The Morgan fingerprint density at radius 3 is 2.44 bits per heavy atom. The van der Waals surface area contributed by atoms with Crippen LogP contribution in [-0.2, 0) is 14.8 Å². The molecule has 3 aromatic rings. The number of sulfonamides is 1. The van der Waals surface area contributed by atoms with E-state index < -0.39 is 22.0 Å². The first-order valence-corrected chi connectivity index (χ1v) is 12.4. The van der Waals surface area contributed by atoms with Gasteiger partial charge >= 0.3 is 0 Å². The van der Waals surface area contributed by atoms with Gasteiger partial charge < -0.3 is 19.5 Å². The van der Waals surface area contributed by atoms with E-state index in [0.29, 0.717) is 36.1 Å². The lowest BCUT2D eigenvalue weighted by Crippen LogP contribution is -2.51. The van der Waals surface area contributed by atoms with Crippen LogP contribution in [0.15, 0.2) is 77.7 Å². The van der Waals surface area contributed by atoms with Crippen LogP contribution in [0, 0.1) is 0 Å². The molecule has 2 aliphatic heterocycles. The first kappa shape index (κ1) is 22.1. The van der Waals surface area contributed by atoms with Gasteiger partial charge in [-0.1, -0.05) is 36.4 Å². The molecule has 0 fully saturated rings. The maximum atomic E-state index is 13.4. The Morgan fingerprint density at radius 1 is 0.941 bits per heavy atom. The van der Waals surface area contributed by atoms with Crippen LogP contribution in [0.5, 0.6) is 17.2 Å². The summed E-state index contributed by atoms with van der Waals surface area (Å²) in [6, 6.07) is 20.1. The topological polar surface area (TPSA) is 94.2 Å². The Bertz CT molecular complexity index is 1310. The minimum absolute atomic E-state index is 0.145. The van der Waals surface area contributed by atoms with Gasteiger partial charge in [0.25, 0.3) is 15.9 Å². The molecule has 2 aliphatic rings. The number of hydrogen-bond acceptors (Lipinski definition) is 6. The molecule has 2 atom stereocenters. The summed E-state index contributed by atoms with van der Waals surface area (Å²) in [5.74, 6) is 1.22. The van der Waals surface area contributed by atoms with E-state index in [0.717, 1.165) is 5.56 Å². The van der Waals surface area contributed by atoms with Gasteiger partial charge in [-0.25, -0.2) is 8.42 Å². The second-order valence-corrected chi connectivity index (χ2v) is 9.92. The molecule has 0 aromatic heterocycles. The normalized spacial score (nSPS) is 17.8. The van der Waals surface area contributed by atoms with E-state index >= 15 is 0 Å². The third-order valence-corrected chi connectivity index (χ3v) is 7.58. The molecule has 176 valence electrons. The summed E-state index contributed by atoms with van der Waals surface area (Å²) in [6.07, 6.45) is -1.02. The summed E-state index contributed by atoms with van der Waals surface area (Å²) in [4.78, 5) is 13.3. The quantitative estimate of drug-likeness (QED) is 0.602. The average Bonchev–Trinajstić information content (AvgIpc) is 2.88. The lowest BCUT2D eigenvalue weighted by molar-refractivity contribution is -0.128. The minimum atomic E-state index is -3.89. The number of benzene rings is 3. The fraction of sp³-hybridized carbons (Fsp3) is 0.240. The summed E-state index contributed by atoms with van der Waals surface area (Å²) in [5, 5.41) is 2.93. The molecule has 0 saturated carbocycles. The second kappa shape index (κ2) is 8.90. The van der Waals surface area contributed by atoms with Crippen LogP contribution in [0.1, 0.15) is 18.5 Å². The van der Waals surface area contributed by atoms with Gasteiger partial charge in [0.1, 0.15) is 19.0 Å². The van der Waals surface area contributed by atoms with Gasteiger partial charge in [-0.3, -0.25) is 9.10 Å². The van der Waals surface area contributed by atoms with Crippen molar-refractivity contribution in [2.75, 3.05) is 24.1 Å². The lowest BCUT2D eigenvalue weighted by Gasteiger charge is -2.35. The van der Waals surface area contributed by atoms with Crippen LogP contribution in [0.4, 0.5) is 5.69 Å². The van der Waals surface area contributed by atoms with Crippen molar-refractivity contribution in [2.24, 2.45) is 0 Å². The number of nitrogens with zero attached hydrogens (tertiary/aromatic N) is 1.